The molecule has 0 aromatic carbocycles. The molecule has 0 heterocycles. The summed E-state index contributed by atoms with van der Waals surface area (Å²) in [5, 5.41) is 15.3. The number of rotatable bonds is 0. The molecule has 0 spiro atoms. The van der Waals surface area contributed by atoms with Crippen LogP contribution in [0.15, 0.2) is 0 Å². The van der Waals surface area contributed by atoms with Crippen LogP contribution >= 0.6 is 0 Å². The van der Waals surface area contributed by atoms with E-state index in [4.69, 9.17) is 15.0 Å². The zero-order valence-electron chi connectivity index (χ0n) is 2.92. The van der Waals surface area contributed by atoms with E-state index in [9.17, 15) is 0 Å². The van der Waals surface area contributed by atoms with Crippen molar-refractivity contribution in [2.45, 2.75) is 0 Å². The first-order valence-electron chi connectivity index (χ1n) is 0.632. The normalized spacial score (nSPS) is 4.00. The fourth-order valence-corrected chi connectivity index (χ4v) is 0. The summed E-state index contributed by atoms with van der Waals surface area (Å²) in [4.78, 5) is 8.44. The van der Waals surface area contributed by atoms with Crippen molar-refractivity contribution in [3.63, 3.8) is 0 Å². The quantitative estimate of drug-likeness (QED) is 0.357. The van der Waals surface area contributed by atoms with Gasteiger partial charge < -0.3 is 20.5 Å². The first kappa shape index (κ1) is 18.2. The predicted octanol–water partition coefficient (Wildman–Crippen LogP) is -1.67. The van der Waals surface area contributed by atoms with E-state index in [1.807, 2.05) is 0 Å². The molecule has 0 aliphatic heterocycles. The molecule has 32 valence electrons. The Bertz CT molecular complexity index is 30.5. The van der Waals surface area contributed by atoms with E-state index in [0.29, 0.717) is 0 Å². The number of carbonyl (C=O) groups is 1. The average Bonchev–Trinajstić information content (AvgIpc) is 0.811. The molecule has 0 aromatic heterocycles. The summed E-state index contributed by atoms with van der Waals surface area (Å²) >= 11 is 0. The van der Waals surface area contributed by atoms with Crippen LogP contribution in [0.3, 0.4) is 0 Å². The van der Waals surface area contributed by atoms with Crippen molar-refractivity contribution in [1.82, 2.24) is 0 Å². The molecule has 0 saturated heterocycles. The second kappa shape index (κ2) is 8.83. The molecular weight excluding hydrogens is 85.0 g/mol. The van der Waals surface area contributed by atoms with Crippen LogP contribution in [0.2, 0.25) is 0 Å². The van der Waals surface area contributed by atoms with Crippen molar-refractivity contribution in [3.8, 4) is 0 Å². The van der Waals surface area contributed by atoms with Gasteiger partial charge in [0, 0.05) is 0 Å². The minimum atomic E-state index is -2.08. The molecule has 0 aromatic rings. The molecular formula is CH2BeO4. The Morgan fingerprint density at radius 2 is 1.67 bits per heavy atom. The van der Waals surface area contributed by atoms with E-state index in [-0.39, 0.29) is 15.6 Å². The van der Waals surface area contributed by atoms with E-state index in [1.165, 1.54) is 0 Å². The zero-order chi connectivity index (χ0) is 3.58. The standard InChI is InChI=1S/CH2O3.Be.H2O/c2-1(3)4;;/h(H2,2,3,4);;1H2/q;+2;/p-2. The van der Waals surface area contributed by atoms with Crippen molar-refractivity contribution < 1.29 is 20.5 Å². The van der Waals surface area contributed by atoms with Gasteiger partial charge in [0.2, 0.25) is 6.16 Å². The predicted molar refractivity (Wildman–Crippen MR) is 15.7 cm³/mol. The number of hydrogen-bond acceptors (Lipinski definition) is 3. The SMILES string of the molecule is O=C([O-])O.[Be+2].[OH-]. The molecule has 0 rings (SSSR count). The second-order valence-electron chi connectivity index (χ2n) is 0.266. The maximum atomic E-state index is 8.44. The van der Waals surface area contributed by atoms with E-state index in [2.05, 4.69) is 0 Å². The Labute approximate surface area is 37.9 Å². The summed E-state index contributed by atoms with van der Waals surface area (Å²) < 4.78 is 0. The minimum absolute atomic E-state index is 0. The summed E-state index contributed by atoms with van der Waals surface area (Å²) in [6.45, 7) is 0. The van der Waals surface area contributed by atoms with Gasteiger partial charge in [-0.3, -0.25) is 0 Å². The molecule has 5 heteroatoms. The molecule has 0 fully saturated rings. The Balaban J connectivity index is -0.0000000450. The third-order valence-electron chi connectivity index (χ3n) is 0. The molecule has 0 bridgehead atoms. The summed E-state index contributed by atoms with van der Waals surface area (Å²) in [5.41, 5.74) is 0. The van der Waals surface area contributed by atoms with Gasteiger partial charge in [-0.05, 0) is 0 Å². The second-order valence-corrected chi connectivity index (χ2v) is 0.266. The van der Waals surface area contributed by atoms with Gasteiger partial charge in [-0.15, -0.1) is 0 Å². The molecule has 4 nitrogen and oxygen atoms in total. The molecule has 0 atom stereocenters. The topological polar surface area (TPSA) is 90.4 Å². The van der Waals surface area contributed by atoms with Crippen LogP contribution in [0, 0.1) is 0 Å². The van der Waals surface area contributed by atoms with Gasteiger partial charge in [-0.1, -0.05) is 0 Å². The Morgan fingerprint density at radius 1 is 1.67 bits per heavy atom. The van der Waals surface area contributed by atoms with Gasteiger partial charge in [-0.25, -0.2) is 0 Å². The van der Waals surface area contributed by atoms with Crippen LogP contribution in [-0.4, -0.2) is 26.9 Å². The number of carboxylic acid groups (broad SMARTS) is 2. The van der Waals surface area contributed by atoms with Crippen LogP contribution in [0.1, 0.15) is 0 Å². The van der Waals surface area contributed by atoms with Crippen LogP contribution in [0.25, 0.3) is 0 Å². The Kier molecular flexibility index (Phi) is 26.7. The first-order valence-corrected chi connectivity index (χ1v) is 0.632. The van der Waals surface area contributed by atoms with Gasteiger partial charge >= 0.3 is 10.1 Å². The van der Waals surface area contributed by atoms with Crippen molar-refractivity contribution in [2.24, 2.45) is 0 Å². The fraction of sp³-hybridized carbons (Fsp3) is 0. The van der Waals surface area contributed by atoms with Gasteiger partial charge in [0.25, 0.3) is 0 Å². The average molecular weight is 87.0 g/mol. The number of hydrogen-bond donors (Lipinski definition) is 1. The van der Waals surface area contributed by atoms with Crippen LogP contribution in [-0.2, 0) is 0 Å². The molecule has 0 unspecified atom stereocenters. The van der Waals surface area contributed by atoms with Crippen LogP contribution in [0.5, 0.6) is 0 Å². The van der Waals surface area contributed by atoms with Crippen LogP contribution in [0.4, 0.5) is 4.79 Å². The Morgan fingerprint density at radius 3 is 1.67 bits per heavy atom. The maximum Gasteiger partial charge on any atom is 2.00 e. The molecule has 6 heavy (non-hydrogen) atoms. The molecule has 0 saturated carbocycles. The van der Waals surface area contributed by atoms with E-state index in [0.717, 1.165) is 0 Å². The summed E-state index contributed by atoms with van der Waals surface area (Å²) in [7, 11) is 0. The maximum absolute atomic E-state index is 8.44. The first-order chi connectivity index (χ1) is 1.73. The van der Waals surface area contributed by atoms with Gasteiger partial charge in [0.05, 0.1) is 0 Å². The molecule has 0 aliphatic rings. The van der Waals surface area contributed by atoms with Gasteiger partial charge in [0.15, 0.2) is 0 Å². The minimum Gasteiger partial charge on any atom is -0.870 e. The fourth-order valence-electron chi connectivity index (χ4n) is 0. The molecule has 0 aliphatic carbocycles. The van der Waals surface area contributed by atoms with E-state index >= 15 is 0 Å². The molecule has 2 N–H and O–H groups in total. The summed E-state index contributed by atoms with van der Waals surface area (Å²) in [5.74, 6) is 0. The Hall–Kier alpha value is -0.601. The molecule has 0 amide bonds. The zero-order valence-corrected chi connectivity index (χ0v) is 2.92. The van der Waals surface area contributed by atoms with Crippen molar-refractivity contribution in [1.29, 1.82) is 0 Å². The smallest absolute Gasteiger partial charge is 0.870 e. The van der Waals surface area contributed by atoms with Crippen molar-refractivity contribution in [3.05, 3.63) is 0 Å². The third kappa shape index (κ3) is 54.1. The third-order valence-corrected chi connectivity index (χ3v) is 0. The largest absolute Gasteiger partial charge is 2.00 e. The van der Waals surface area contributed by atoms with E-state index in [1.54, 1.807) is 0 Å². The summed E-state index contributed by atoms with van der Waals surface area (Å²) in [6.07, 6.45) is -2.08. The van der Waals surface area contributed by atoms with Crippen molar-refractivity contribution in [2.75, 3.05) is 0 Å². The molecule has 0 radical (unpaired) electrons. The summed E-state index contributed by atoms with van der Waals surface area (Å²) in [6, 6.07) is 0. The van der Waals surface area contributed by atoms with Gasteiger partial charge in [0.1, 0.15) is 0 Å². The van der Waals surface area contributed by atoms with Crippen molar-refractivity contribution >= 4 is 16.3 Å². The van der Waals surface area contributed by atoms with Crippen LogP contribution < -0.4 is 5.11 Å². The van der Waals surface area contributed by atoms with E-state index < -0.39 is 6.16 Å². The van der Waals surface area contributed by atoms with Gasteiger partial charge in [-0.2, -0.15) is 0 Å². The monoisotopic (exact) mass is 87.0 g/mol.